The Morgan fingerprint density at radius 3 is 2.81 bits per heavy atom. The van der Waals surface area contributed by atoms with Crippen molar-refractivity contribution in [2.24, 2.45) is 7.05 Å². The van der Waals surface area contributed by atoms with Gasteiger partial charge in [0.2, 0.25) is 0 Å². The summed E-state index contributed by atoms with van der Waals surface area (Å²) in [5, 5.41) is 0. The van der Waals surface area contributed by atoms with Crippen molar-refractivity contribution in [3.8, 4) is 0 Å². The second-order valence-corrected chi connectivity index (χ2v) is 3.46. The molecule has 0 aromatic carbocycles. The van der Waals surface area contributed by atoms with Gasteiger partial charge in [0.05, 0.1) is 12.2 Å². The molecule has 16 heavy (non-hydrogen) atoms. The van der Waals surface area contributed by atoms with Crippen molar-refractivity contribution >= 4 is 5.78 Å². The number of ketones is 1. The van der Waals surface area contributed by atoms with Crippen LogP contribution in [0.5, 0.6) is 0 Å². The average Bonchev–Trinajstić information content (AvgIpc) is 2.68. The molecule has 0 amide bonds. The number of carbonyl (C=O) groups is 1. The predicted molar refractivity (Wildman–Crippen MR) is 58.2 cm³/mol. The quantitative estimate of drug-likeness (QED) is 0.702. The van der Waals surface area contributed by atoms with E-state index in [1.807, 2.05) is 0 Å². The zero-order valence-corrected chi connectivity index (χ0v) is 8.83. The highest BCUT2D eigenvalue weighted by Crippen LogP contribution is 2.01. The fourth-order valence-electron chi connectivity index (χ4n) is 1.49. The fraction of sp³-hybridized carbons (Fsp3) is 0.182. The van der Waals surface area contributed by atoms with Crippen LogP contribution in [0.25, 0.3) is 0 Å². The number of nitrogens with zero attached hydrogens (tertiary/aromatic N) is 3. The summed E-state index contributed by atoms with van der Waals surface area (Å²) in [5.74, 6) is -0.109. The zero-order chi connectivity index (χ0) is 11.5. The highest BCUT2D eigenvalue weighted by atomic mass is 16.2. The number of hydrogen-bond donors (Lipinski definition) is 0. The predicted octanol–water partition coefficient (Wildman–Crippen LogP) is 0.465. The molecule has 5 heteroatoms. The van der Waals surface area contributed by atoms with Crippen LogP contribution in [0.2, 0.25) is 0 Å². The highest BCUT2D eigenvalue weighted by molar-refractivity contribution is 5.94. The van der Waals surface area contributed by atoms with E-state index < -0.39 is 5.69 Å². The SMILES string of the molecule is Cn1cccc1C(=O)Cn1cccnc1=O. The average molecular weight is 217 g/mol. The summed E-state index contributed by atoms with van der Waals surface area (Å²) in [5.41, 5.74) is 0.167. The summed E-state index contributed by atoms with van der Waals surface area (Å²) in [6.45, 7) is 0.0184. The Morgan fingerprint density at radius 2 is 2.19 bits per heavy atom. The first kappa shape index (κ1) is 10.4. The number of hydrogen-bond acceptors (Lipinski definition) is 3. The fourth-order valence-corrected chi connectivity index (χ4v) is 1.49. The van der Waals surface area contributed by atoms with Gasteiger partial charge in [0.15, 0.2) is 5.78 Å². The third kappa shape index (κ3) is 1.93. The molecule has 0 aliphatic heterocycles. The molecule has 0 fully saturated rings. The maximum atomic E-state index is 11.8. The number of aromatic nitrogens is 3. The minimum absolute atomic E-state index is 0.0184. The van der Waals surface area contributed by atoms with Gasteiger partial charge in [-0.3, -0.25) is 9.36 Å². The lowest BCUT2D eigenvalue weighted by atomic mass is 10.3. The van der Waals surface area contributed by atoms with Crippen LogP contribution in [0.3, 0.4) is 0 Å². The summed E-state index contributed by atoms with van der Waals surface area (Å²) < 4.78 is 3.01. The topological polar surface area (TPSA) is 56.9 Å². The van der Waals surface area contributed by atoms with Gasteiger partial charge in [-0.15, -0.1) is 0 Å². The summed E-state index contributed by atoms with van der Waals surface area (Å²) in [4.78, 5) is 26.7. The Balaban J connectivity index is 2.24. The molecule has 2 aromatic heterocycles. The van der Waals surface area contributed by atoms with E-state index in [9.17, 15) is 9.59 Å². The minimum Gasteiger partial charge on any atom is -0.348 e. The Hall–Kier alpha value is -2.17. The monoisotopic (exact) mass is 217 g/mol. The van der Waals surface area contributed by atoms with E-state index in [0.29, 0.717) is 5.69 Å². The molecule has 0 bridgehead atoms. The molecule has 5 nitrogen and oxygen atoms in total. The smallest absolute Gasteiger partial charge is 0.347 e. The van der Waals surface area contributed by atoms with Gasteiger partial charge in [0, 0.05) is 25.6 Å². The molecule has 0 aliphatic carbocycles. The van der Waals surface area contributed by atoms with Crippen molar-refractivity contribution < 1.29 is 4.79 Å². The van der Waals surface area contributed by atoms with E-state index in [2.05, 4.69) is 4.98 Å². The Bertz CT molecular complexity index is 568. The van der Waals surface area contributed by atoms with Crippen LogP contribution in [0.4, 0.5) is 0 Å². The summed E-state index contributed by atoms with van der Waals surface area (Å²) in [6.07, 6.45) is 4.75. The lowest BCUT2D eigenvalue weighted by Gasteiger charge is -2.04. The van der Waals surface area contributed by atoms with Crippen molar-refractivity contribution in [2.45, 2.75) is 6.54 Å². The van der Waals surface area contributed by atoms with Crippen molar-refractivity contribution in [1.29, 1.82) is 0 Å². The summed E-state index contributed by atoms with van der Waals surface area (Å²) in [6, 6.07) is 5.14. The number of Topliss-reactive ketones (excluding diaryl/α,β-unsaturated/α-hetero) is 1. The molecular formula is C11H11N3O2. The lowest BCUT2D eigenvalue weighted by Crippen LogP contribution is -2.26. The van der Waals surface area contributed by atoms with Crippen molar-refractivity contribution in [3.05, 3.63) is 53.0 Å². The van der Waals surface area contributed by atoms with Gasteiger partial charge in [-0.25, -0.2) is 9.78 Å². The maximum Gasteiger partial charge on any atom is 0.347 e. The van der Waals surface area contributed by atoms with E-state index >= 15 is 0 Å². The highest BCUT2D eigenvalue weighted by Gasteiger charge is 2.10. The standard InChI is InChI=1S/C11H11N3O2/c1-13-6-2-4-9(13)10(15)8-14-7-3-5-12-11(14)16/h2-7H,8H2,1H3. The normalized spacial score (nSPS) is 10.3. The van der Waals surface area contributed by atoms with Crippen LogP contribution in [0.1, 0.15) is 10.5 Å². The molecule has 0 saturated carbocycles. The molecule has 0 radical (unpaired) electrons. The van der Waals surface area contributed by atoms with Crippen LogP contribution >= 0.6 is 0 Å². The van der Waals surface area contributed by atoms with E-state index in [4.69, 9.17) is 0 Å². The first-order chi connectivity index (χ1) is 7.68. The molecule has 0 N–H and O–H groups in total. The molecule has 0 atom stereocenters. The van der Waals surface area contributed by atoms with Gasteiger partial charge in [-0.1, -0.05) is 0 Å². The van der Waals surface area contributed by atoms with E-state index in [1.54, 1.807) is 42.2 Å². The molecule has 0 unspecified atom stereocenters. The van der Waals surface area contributed by atoms with Gasteiger partial charge >= 0.3 is 5.69 Å². The molecule has 0 aliphatic rings. The van der Waals surface area contributed by atoms with Crippen LogP contribution in [0, 0.1) is 0 Å². The van der Waals surface area contributed by atoms with Crippen LogP contribution in [-0.4, -0.2) is 19.9 Å². The van der Waals surface area contributed by atoms with Gasteiger partial charge in [-0.2, -0.15) is 0 Å². The van der Waals surface area contributed by atoms with Gasteiger partial charge < -0.3 is 4.57 Å². The van der Waals surface area contributed by atoms with Crippen LogP contribution in [-0.2, 0) is 13.6 Å². The van der Waals surface area contributed by atoms with Crippen LogP contribution < -0.4 is 5.69 Å². The largest absolute Gasteiger partial charge is 0.348 e. The molecule has 0 saturated heterocycles. The molecular weight excluding hydrogens is 206 g/mol. The van der Waals surface area contributed by atoms with Crippen molar-refractivity contribution in [1.82, 2.24) is 14.1 Å². The third-order valence-electron chi connectivity index (χ3n) is 2.33. The molecule has 2 rings (SSSR count). The molecule has 2 heterocycles. The number of aryl methyl sites for hydroxylation is 1. The van der Waals surface area contributed by atoms with Gasteiger partial charge in [0.25, 0.3) is 0 Å². The zero-order valence-electron chi connectivity index (χ0n) is 8.83. The van der Waals surface area contributed by atoms with E-state index in [1.165, 1.54) is 10.8 Å². The summed E-state index contributed by atoms with van der Waals surface area (Å²) in [7, 11) is 1.79. The summed E-state index contributed by atoms with van der Waals surface area (Å²) >= 11 is 0. The van der Waals surface area contributed by atoms with Crippen molar-refractivity contribution in [2.75, 3.05) is 0 Å². The maximum absolute atomic E-state index is 11.8. The van der Waals surface area contributed by atoms with E-state index in [0.717, 1.165) is 0 Å². The molecule has 82 valence electrons. The third-order valence-corrected chi connectivity index (χ3v) is 2.33. The first-order valence-electron chi connectivity index (χ1n) is 4.84. The second kappa shape index (κ2) is 4.14. The van der Waals surface area contributed by atoms with Crippen molar-refractivity contribution in [3.63, 3.8) is 0 Å². The molecule has 0 spiro atoms. The Kier molecular flexibility index (Phi) is 2.68. The lowest BCUT2D eigenvalue weighted by molar-refractivity contribution is 0.0962. The number of rotatable bonds is 3. The minimum atomic E-state index is -0.412. The second-order valence-electron chi connectivity index (χ2n) is 3.46. The van der Waals surface area contributed by atoms with Gasteiger partial charge in [0.1, 0.15) is 0 Å². The van der Waals surface area contributed by atoms with E-state index in [-0.39, 0.29) is 12.3 Å². The van der Waals surface area contributed by atoms with Crippen LogP contribution in [0.15, 0.2) is 41.6 Å². The number of carbonyl (C=O) groups excluding carboxylic acids is 1. The molecule has 2 aromatic rings. The Morgan fingerprint density at radius 1 is 1.38 bits per heavy atom. The first-order valence-corrected chi connectivity index (χ1v) is 4.84. The van der Waals surface area contributed by atoms with Gasteiger partial charge in [-0.05, 0) is 18.2 Å². The Labute approximate surface area is 92.0 Å².